The third-order valence-electron chi connectivity index (χ3n) is 2.57. The lowest BCUT2D eigenvalue weighted by Crippen LogP contribution is -1.97. The molecule has 0 bridgehead atoms. The first-order valence-electron chi connectivity index (χ1n) is 6.52. The van der Waals surface area contributed by atoms with Gasteiger partial charge in [-0.1, -0.05) is 66.1 Å². The Labute approximate surface area is 126 Å². The van der Waals surface area contributed by atoms with Crippen molar-refractivity contribution in [3.8, 4) is 0 Å². The maximum absolute atomic E-state index is 3.81. The summed E-state index contributed by atoms with van der Waals surface area (Å²) in [7, 11) is 0. The van der Waals surface area contributed by atoms with Crippen LogP contribution in [0.2, 0.25) is 0 Å². The summed E-state index contributed by atoms with van der Waals surface area (Å²) in [4.78, 5) is 3.78. The first-order chi connectivity index (χ1) is 8.76. The summed E-state index contributed by atoms with van der Waals surface area (Å²) in [6, 6.07) is 5.72. The zero-order valence-electron chi connectivity index (χ0n) is 11.5. The van der Waals surface area contributed by atoms with Gasteiger partial charge < -0.3 is 0 Å². The molecule has 0 aliphatic carbocycles. The Balaban J connectivity index is 0.000000397. The van der Waals surface area contributed by atoms with Gasteiger partial charge in [0.2, 0.25) is 0 Å². The highest BCUT2D eigenvalue weighted by Crippen LogP contribution is 2.20. The van der Waals surface area contributed by atoms with Crippen LogP contribution >= 0.6 is 22.6 Å². The van der Waals surface area contributed by atoms with E-state index in [2.05, 4.69) is 54.1 Å². The predicted octanol–water partition coefficient (Wildman–Crippen LogP) is 5.58. The molecule has 1 rings (SSSR count). The van der Waals surface area contributed by atoms with Crippen molar-refractivity contribution in [2.24, 2.45) is 0 Å². The summed E-state index contributed by atoms with van der Waals surface area (Å²) < 4.78 is 0.532. The van der Waals surface area contributed by atoms with Crippen LogP contribution in [0.15, 0.2) is 54.9 Å². The Hall–Kier alpha value is -0.640. The maximum atomic E-state index is 3.81. The molecule has 100 valence electrons. The SMILES string of the molecule is C=CC(I)/C(=C\C)CCCCC.c1ccncc1. The first-order valence-corrected chi connectivity index (χ1v) is 7.77. The number of halogens is 1. The second kappa shape index (κ2) is 12.8. The smallest absolute Gasteiger partial charge is 0.0496 e. The highest BCUT2D eigenvalue weighted by Gasteiger charge is 2.03. The Morgan fingerprint density at radius 1 is 1.28 bits per heavy atom. The number of nitrogens with zero attached hydrogens (tertiary/aromatic N) is 1. The van der Waals surface area contributed by atoms with E-state index in [-0.39, 0.29) is 0 Å². The van der Waals surface area contributed by atoms with Crippen molar-refractivity contribution in [1.82, 2.24) is 4.98 Å². The molecular formula is C16H24IN. The minimum absolute atomic E-state index is 0.532. The molecule has 0 amide bonds. The highest BCUT2D eigenvalue weighted by atomic mass is 127. The van der Waals surface area contributed by atoms with Gasteiger partial charge in [0, 0.05) is 16.3 Å². The van der Waals surface area contributed by atoms with E-state index in [0.717, 1.165) is 0 Å². The zero-order chi connectivity index (χ0) is 13.6. The van der Waals surface area contributed by atoms with Crippen LogP contribution in [0, 0.1) is 0 Å². The lowest BCUT2D eigenvalue weighted by atomic mass is 10.0. The molecule has 1 heterocycles. The number of rotatable bonds is 6. The highest BCUT2D eigenvalue weighted by molar-refractivity contribution is 14.1. The van der Waals surface area contributed by atoms with Gasteiger partial charge in [-0.2, -0.15) is 0 Å². The average Bonchev–Trinajstić information content (AvgIpc) is 2.45. The van der Waals surface area contributed by atoms with E-state index in [1.165, 1.54) is 31.3 Å². The third-order valence-corrected chi connectivity index (χ3v) is 3.88. The fourth-order valence-corrected chi connectivity index (χ4v) is 2.16. The largest absolute Gasteiger partial charge is 0.265 e. The van der Waals surface area contributed by atoms with Gasteiger partial charge in [0.15, 0.2) is 0 Å². The van der Waals surface area contributed by atoms with Crippen molar-refractivity contribution in [3.63, 3.8) is 0 Å². The number of pyridine rings is 1. The molecule has 0 fully saturated rings. The molecule has 0 aliphatic heterocycles. The second-order valence-corrected chi connectivity index (χ2v) is 5.32. The van der Waals surface area contributed by atoms with Crippen LogP contribution in [0.1, 0.15) is 39.5 Å². The second-order valence-electron chi connectivity index (χ2n) is 3.98. The van der Waals surface area contributed by atoms with Crippen LogP contribution in [0.25, 0.3) is 0 Å². The van der Waals surface area contributed by atoms with Gasteiger partial charge in [0.25, 0.3) is 0 Å². The number of unbranched alkanes of at least 4 members (excludes halogenated alkanes) is 2. The first kappa shape index (κ1) is 17.4. The Morgan fingerprint density at radius 2 is 1.94 bits per heavy atom. The molecule has 0 radical (unpaired) electrons. The fourth-order valence-electron chi connectivity index (χ4n) is 1.48. The van der Waals surface area contributed by atoms with Crippen molar-refractivity contribution >= 4 is 22.6 Å². The molecule has 0 saturated heterocycles. The van der Waals surface area contributed by atoms with Gasteiger partial charge >= 0.3 is 0 Å². The summed E-state index contributed by atoms with van der Waals surface area (Å²) in [5.74, 6) is 0. The van der Waals surface area contributed by atoms with E-state index in [4.69, 9.17) is 0 Å². The lowest BCUT2D eigenvalue weighted by Gasteiger charge is -2.09. The predicted molar refractivity (Wildman–Crippen MR) is 90.1 cm³/mol. The lowest BCUT2D eigenvalue weighted by molar-refractivity contribution is 0.709. The van der Waals surface area contributed by atoms with E-state index < -0.39 is 0 Å². The molecule has 1 unspecified atom stereocenters. The van der Waals surface area contributed by atoms with Gasteiger partial charge in [0.05, 0.1) is 0 Å². The summed E-state index contributed by atoms with van der Waals surface area (Å²) in [6.07, 6.45) is 13.0. The molecule has 1 aromatic rings. The van der Waals surface area contributed by atoms with E-state index in [1.54, 1.807) is 12.4 Å². The third kappa shape index (κ3) is 9.40. The summed E-state index contributed by atoms with van der Waals surface area (Å²) >= 11 is 2.43. The standard InChI is InChI=1S/C11H19I.C5H5N/c1-4-7-8-9-10(5-2)11(12)6-3;1-2-4-6-5-3-1/h5-6,11H,3-4,7-9H2,1-2H3;1-5H/b10-5-;. The quantitative estimate of drug-likeness (QED) is 0.280. The molecule has 2 heteroatoms. The van der Waals surface area contributed by atoms with Gasteiger partial charge in [-0.05, 0) is 31.9 Å². The number of hydrogen-bond acceptors (Lipinski definition) is 1. The maximum Gasteiger partial charge on any atom is 0.0496 e. The van der Waals surface area contributed by atoms with Crippen LogP contribution in [0.3, 0.4) is 0 Å². The van der Waals surface area contributed by atoms with Crippen LogP contribution in [-0.2, 0) is 0 Å². The van der Waals surface area contributed by atoms with Crippen LogP contribution < -0.4 is 0 Å². The van der Waals surface area contributed by atoms with Gasteiger partial charge in [-0.3, -0.25) is 4.98 Å². The van der Waals surface area contributed by atoms with Crippen molar-refractivity contribution < 1.29 is 0 Å². The summed E-state index contributed by atoms with van der Waals surface area (Å²) in [5.41, 5.74) is 1.53. The average molecular weight is 357 g/mol. The minimum atomic E-state index is 0.532. The number of hydrogen-bond donors (Lipinski definition) is 0. The Kier molecular flexibility index (Phi) is 12.4. The summed E-state index contributed by atoms with van der Waals surface area (Å²) in [6.45, 7) is 8.17. The number of alkyl halides is 1. The van der Waals surface area contributed by atoms with E-state index in [1.807, 2.05) is 24.3 Å². The normalized spacial score (nSPS) is 12.3. The molecular weight excluding hydrogens is 333 g/mol. The fraction of sp³-hybridized carbons (Fsp3) is 0.438. The monoisotopic (exact) mass is 357 g/mol. The van der Waals surface area contributed by atoms with Gasteiger partial charge in [-0.25, -0.2) is 0 Å². The van der Waals surface area contributed by atoms with E-state index in [0.29, 0.717) is 3.92 Å². The molecule has 0 spiro atoms. The van der Waals surface area contributed by atoms with Crippen molar-refractivity contribution in [2.45, 2.75) is 43.5 Å². The molecule has 1 nitrogen and oxygen atoms in total. The molecule has 0 N–H and O–H groups in total. The Morgan fingerprint density at radius 3 is 2.28 bits per heavy atom. The van der Waals surface area contributed by atoms with Crippen molar-refractivity contribution in [1.29, 1.82) is 0 Å². The Bertz CT molecular complexity index is 292. The van der Waals surface area contributed by atoms with E-state index >= 15 is 0 Å². The number of aromatic nitrogens is 1. The van der Waals surface area contributed by atoms with Crippen molar-refractivity contribution in [2.75, 3.05) is 0 Å². The number of allylic oxidation sites excluding steroid dienone is 3. The molecule has 0 aromatic carbocycles. The molecule has 1 atom stereocenters. The van der Waals surface area contributed by atoms with Crippen LogP contribution in [0.5, 0.6) is 0 Å². The van der Waals surface area contributed by atoms with Crippen LogP contribution in [0.4, 0.5) is 0 Å². The van der Waals surface area contributed by atoms with Gasteiger partial charge in [0.1, 0.15) is 0 Å². The minimum Gasteiger partial charge on any atom is -0.265 e. The summed E-state index contributed by atoms with van der Waals surface area (Å²) in [5, 5.41) is 0. The molecule has 1 aromatic heterocycles. The zero-order valence-corrected chi connectivity index (χ0v) is 13.6. The topological polar surface area (TPSA) is 12.9 Å². The molecule has 0 saturated carbocycles. The van der Waals surface area contributed by atoms with Crippen molar-refractivity contribution in [3.05, 3.63) is 54.9 Å². The molecule has 18 heavy (non-hydrogen) atoms. The molecule has 0 aliphatic rings. The van der Waals surface area contributed by atoms with Crippen LogP contribution in [-0.4, -0.2) is 8.91 Å². The van der Waals surface area contributed by atoms with Gasteiger partial charge in [-0.15, -0.1) is 6.58 Å². The van der Waals surface area contributed by atoms with E-state index in [9.17, 15) is 0 Å².